The van der Waals surface area contributed by atoms with Crippen molar-refractivity contribution in [3.8, 4) is 0 Å². The number of hydrogen-bond acceptors (Lipinski definition) is 3. The van der Waals surface area contributed by atoms with E-state index in [1.54, 1.807) is 7.11 Å². The normalized spacial score (nSPS) is 12.6. The fourth-order valence-corrected chi connectivity index (χ4v) is 2.21. The quantitative estimate of drug-likeness (QED) is 0.863. The molecule has 1 aromatic heterocycles. The molecule has 0 radical (unpaired) electrons. The average Bonchev–Trinajstić information content (AvgIpc) is 2.85. The maximum Gasteiger partial charge on any atom is 0.129 e. The van der Waals surface area contributed by atoms with E-state index >= 15 is 0 Å². The molecule has 2 rings (SSSR count). The van der Waals surface area contributed by atoms with Crippen LogP contribution in [0.25, 0.3) is 0 Å². The predicted octanol–water partition coefficient (Wildman–Crippen LogP) is 3.43. The summed E-state index contributed by atoms with van der Waals surface area (Å²) in [6.07, 6.45) is 0. The van der Waals surface area contributed by atoms with E-state index < -0.39 is 0 Å². The molecular weight excluding hydrogens is 238 g/mol. The van der Waals surface area contributed by atoms with E-state index in [2.05, 4.69) is 43.4 Å². The fourth-order valence-electron chi connectivity index (χ4n) is 2.21. The van der Waals surface area contributed by atoms with Gasteiger partial charge in [-0.25, -0.2) is 0 Å². The summed E-state index contributed by atoms with van der Waals surface area (Å²) >= 11 is 0. The summed E-state index contributed by atoms with van der Waals surface area (Å²) in [5.74, 6) is 1.78. The number of furan rings is 1. The highest BCUT2D eigenvalue weighted by Crippen LogP contribution is 2.25. The smallest absolute Gasteiger partial charge is 0.129 e. The van der Waals surface area contributed by atoms with Crippen LogP contribution in [-0.4, -0.2) is 13.7 Å². The third-order valence-corrected chi connectivity index (χ3v) is 3.04. The topological polar surface area (TPSA) is 34.4 Å². The minimum absolute atomic E-state index is 0.0931. The van der Waals surface area contributed by atoms with Crippen LogP contribution in [0.3, 0.4) is 0 Å². The van der Waals surface area contributed by atoms with Crippen LogP contribution in [0.1, 0.15) is 35.6 Å². The predicted molar refractivity (Wildman–Crippen MR) is 76.1 cm³/mol. The van der Waals surface area contributed by atoms with Crippen molar-refractivity contribution in [2.75, 3.05) is 13.7 Å². The van der Waals surface area contributed by atoms with E-state index in [4.69, 9.17) is 9.15 Å². The molecule has 0 saturated heterocycles. The van der Waals surface area contributed by atoms with Crippen LogP contribution < -0.4 is 5.32 Å². The number of hydrogen-bond donors (Lipinski definition) is 1. The number of aryl methyl sites for hydroxylation is 1. The summed E-state index contributed by atoms with van der Waals surface area (Å²) in [5.41, 5.74) is 2.48. The van der Waals surface area contributed by atoms with E-state index in [0.29, 0.717) is 6.61 Å². The third-order valence-electron chi connectivity index (χ3n) is 3.04. The molecule has 1 heterocycles. The summed E-state index contributed by atoms with van der Waals surface area (Å²) < 4.78 is 10.9. The van der Waals surface area contributed by atoms with E-state index in [0.717, 1.165) is 18.1 Å². The van der Waals surface area contributed by atoms with Crippen molar-refractivity contribution in [1.82, 2.24) is 5.32 Å². The van der Waals surface area contributed by atoms with Gasteiger partial charge in [0, 0.05) is 7.11 Å². The van der Waals surface area contributed by atoms with Gasteiger partial charge in [-0.05, 0) is 31.2 Å². The van der Waals surface area contributed by atoms with Gasteiger partial charge < -0.3 is 14.5 Å². The van der Waals surface area contributed by atoms with Gasteiger partial charge in [-0.15, -0.1) is 0 Å². The minimum Gasteiger partial charge on any atom is -0.462 e. The highest BCUT2D eigenvalue weighted by Gasteiger charge is 2.17. The molecule has 0 aliphatic heterocycles. The first-order valence-corrected chi connectivity index (χ1v) is 6.62. The lowest BCUT2D eigenvalue weighted by Gasteiger charge is -2.16. The lowest BCUT2D eigenvalue weighted by atomic mass is 10.0. The van der Waals surface area contributed by atoms with Crippen molar-refractivity contribution in [1.29, 1.82) is 0 Å². The summed E-state index contributed by atoms with van der Waals surface area (Å²) in [7, 11) is 1.67. The largest absolute Gasteiger partial charge is 0.462 e. The molecule has 0 spiro atoms. The maximum absolute atomic E-state index is 5.85. The molecule has 102 valence electrons. The van der Waals surface area contributed by atoms with Crippen molar-refractivity contribution in [2.45, 2.75) is 26.5 Å². The fraction of sp³-hybridized carbons (Fsp3) is 0.375. The van der Waals surface area contributed by atoms with Gasteiger partial charge in [0.25, 0.3) is 0 Å². The van der Waals surface area contributed by atoms with Gasteiger partial charge in [0.15, 0.2) is 0 Å². The number of methoxy groups -OCH3 is 1. The Kier molecular flexibility index (Phi) is 4.77. The van der Waals surface area contributed by atoms with E-state index in [9.17, 15) is 0 Å². The molecule has 0 bridgehead atoms. The second-order valence-corrected chi connectivity index (χ2v) is 4.64. The standard InChI is InChI=1S/C16H21NO2/c1-4-17-16(13-7-5-6-12(2)10-13)15-9-8-14(19-15)11-18-3/h5-10,16-17H,4,11H2,1-3H3. The first-order chi connectivity index (χ1) is 9.24. The monoisotopic (exact) mass is 259 g/mol. The van der Waals surface area contributed by atoms with Crippen LogP contribution in [0.15, 0.2) is 40.8 Å². The Morgan fingerprint density at radius 1 is 1.26 bits per heavy atom. The Morgan fingerprint density at radius 2 is 2.11 bits per heavy atom. The van der Waals surface area contributed by atoms with E-state index in [-0.39, 0.29) is 6.04 Å². The highest BCUT2D eigenvalue weighted by molar-refractivity contribution is 5.30. The van der Waals surface area contributed by atoms with Gasteiger partial charge in [-0.2, -0.15) is 0 Å². The molecule has 0 aliphatic rings. The number of ether oxygens (including phenoxy) is 1. The zero-order chi connectivity index (χ0) is 13.7. The Hall–Kier alpha value is -1.58. The first kappa shape index (κ1) is 13.8. The van der Waals surface area contributed by atoms with Crippen molar-refractivity contribution in [3.05, 3.63) is 59.0 Å². The van der Waals surface area contributed by atoms with Crippen molar-refractivity contribution < 1.29 is 9.15 Å². The number of rotatable bonds is 6. The van der Waals surface area contributed by atoms with Gasteiger partial charge in [-0.1, -0.05) is 36.8 Å². The summed E-state index contributed by atoms with van der Waals surface area (Å²) in [6.45, 7) is 5.60. The molecule has 1 atom stereocenters. The molecule has 19 heavy (non-hydrogen) atoms. The van der Waals surface area contributed by atoms with Gasteiger partial charge >= 0.3 is 0 Å². The summed E-state index contributed by atoms with van der Waals surface area (Å²) in [5, 5.41) is 3.46. The lowest BCUT2D eigenvalue weighted by Crippen LogP contribution is -2.21. The lowest BCUT2D eigenvalue weighted by molar-refractivity contribution is 0.162. The minimum atomic E-state index is 0.0931. The second kappa shape index (κ2) is 6.55. The van der Waals surface area contributed by atoms with Crippen LogP contribution >= 0.6 is 0 Å². The zero-order valence-corrected chi connectivity index (χ0v) is 11.8. The SMILES string of the molecule is CCNC(c1cccc(C)c1)c1ccc(COC)o1. The maximum atomic E-state index is 5.85. The van der Waals surface area contributed by atoms with Gasteiger partial charge in [0.2, 0.25) is 0 Å². The molecule has 3 heteroatoms. The van der Waals surface area contributed by atoms with Crippen LogP contribution in [0.5, 0.6) is 0 Å². The second-order valence-electron chi connectivity index (χ2n) is 4.64. The first-order valence-electron chi connectivity index (χ1n) is 6.62. The van der Waals surface area contributed by atoms with Crippen LogP contribution in [0.4, 0.5) is 0 Å². The molecule has 2 aromatic rings. The molecule has 3 nitrogen and oxygen atoms in total. The molecule has 0 fully saturated rings. The molecule has 1 N–H and O–H groups in total. The van der Waals surface area contributed by atoms with Gasteiger partial charge in [-0.3, -0.25) is 0 Å². The summed E-state index contributed by atoms with van der Waals surface area (Å²) in [4.78, 5) is 0. The highest BCUT2D eigenvalue weighted by atomic mass is 16.5. The molecule has 0 amide bonds. The van der Waals surface area contributed by atoms with Crippen LogP contribution in [-0.2, 0) is 11.3 Å². The Labute approximate surface area is 114 Å². The number of benzene rings is 1. The van der Waals surface area contributed by atoms with Crippen LogP contribution in [0, 0.1) is 6.92 Å². The van der Waals surface area contributed by atoms with Crippen molar-refractivity contribution in [2.24, 2.45) is 0 Å². The van der Waals surface area contributed by atoms with Crippen molar-refractivity contribution in [3.63, 3.8) is 0 Å². The zero-order valence-electron chi connectivity index (χ0n) is 11.8. The molecule has 0 saturated carbocycles. The summed E-state index contributed by atoms with van der Waals surface area (Å²) in [6, 6.07) is 12.6. The van der Waals surface area contributed by atoms with E-state index in [1.807, 2.05) is 12.1 Å². The van der Waals surface area contributed by atoms with Crippen LogP contribution in [0.2, 0.25) is 0 Å². The Bertz CT molecular complexity index is 519. The average molecular weight is 259 g/mol. The van der Waals surface area contributed by atoms with E-state index in [1.165, 1.54) is 11.1 Å². The Balaban J connectivity index is 2.28. The molecule has 0 aliphatic carbocycles. The van der Waals surface area contributed by atoms with Crippen molar-refractivity contribution >= 4 is 0 Å². The molecular formula is C16H21NO2. The molecule has 1 aromatic carbocycles. The molecule has 1 unspecified atom stereocenters. The Morgan fingerprint density at radius 3 is 2.79 bits per heavy atom. The number of nitrogens with one attached hydrogen (secondary N) is 1. The van der Waals surface area contributed by atoms with Gasteiger partial charge in [0.1, 0.15) is 18.1 Å². The van der Waals surface area contributed by atoms with Gasteiger partial charge in [0.05, 0.1) is 6.04 Å². The third kappa shape index (κ3) is 3.46.